The molecule has 0 atom stereocenters. The highest BCUT2D eigenvalue weighted by atomic mass is 16.3. The highest BCUT2D eigenvalue weighted by Crippen LogP contribution is 2.55. The average molecular weight is 361 g/mol. The van der Waals surface area contributed by atoms with Gasteiger partial charge in [-0.3, -0.25) is 5.10 Å². The third kappa shape index (κ3) is 3.00. The van der Waals surface area contributed by atoms with Gasteiger partial charge >= 0.3 is 0 Å². The molecule has 1 aliphatic carbocycles. The summed E-state index contributed by atoms with van der Waals surface area (Å²) in [7, 11) is 0. The van der Waals surface area contributed by atoms with E-state index in [4.69, 9.17) is 0 Å². The number of phenols is 1. The van der Waals surface area contributed by atoms with Gasteiger partial charge in [-0.2, -0.15) is 15.3 Å². The zero-order valence-electron chi connectivity index (χ0n) is 15.2. The molecule has 1 aromatic carbocycles. The molecule has 138 valence electrons. The minimum atomic E-state index is 0.202. The van der Waals surface area contributed by atoms with Crippen molar-refractivity contribution in [1.82, 2.24) is 25.7 Å². The van der Waals surface area contributed by atoms with Gasteiger partial charge in [0.15, 0.2) is 0 Å². The van der Waals surface area contributed by atoms with Crippen LogP contribution in [0.5, 0.6) is 5.75 Å². The largest absolute Gasteiger partial charge is 0.507 e. The minimum absolute atomic E-state index is 0.202. The minimum Gasteiger partial charge on any atom is -0.507 e. The number of aromatic hydroxyl groups is 1. The fourth-order valence-electron chi connectivity index (χ4n) is 4.60. The molecule has 27 heavy (non-hydrogen) atoms. The zero-order valence-corrected chi connectivity index (χ0v) is 15.2. The van der Waals surface area contributed by atoms with Crippen molar-refractivity contribution in [3.8, 4) is 28.1 Å². The Kier molecular flexibility index (Phi) is 3.93. The van der Waals surface area contributed by atoms with Crippen LogP contribution in [-0.4, -0.2) is 38.6 Å². The molecule has 2 aromatic heterocycles. The van der Waals surface area contributed by atoms with Gasteiger partial charge in [-0.15, -0.1) is 0 Å². The molecule has 0 amide bonds. The Morgan fingerprint density at radius 3 is 2.52 bits per heavy atom. The molecule has 2 aliphatic rings. The first-order valence-electron chi connectivity index (χ1n) is 9.59. The van der Waals surface area contributed by atoms with Crippen molar-refractivity contribution >= 4 is 0 Å². The molecule has 3 heterocycles. The molecule has 0 radical (unpaired) electrons. The first-order chi connectivity index (χ1) is 13.2. The van der Waals surface area contributed by atoms with Crippen LogP contribution in [0.4, 0.5) is 0 Å². The van der Waals surface area contributed by atoms with Crippen molar-refractivity contribution in [3.05, 3.63) is 48.4 Å². The predicted octanol–water partition coefficient (Wildman–Crippen LogP) is 3.49. The summed E-state index contributed by atoms with van der Waals surface area (Å²) in [4.78, 5) is 0. The van der Waals surface area contributed by atoms with Gasteiger partial charge < -0.3 is 10.4 Å². The quantitative estimate of drug-likeness (QED) is 0.665. The molecule has 1 spiro atoms. The first kappa shape index (κ1) is 16.4. The monoisotopic (exact) mass is 361 g/mol. The number of phenolic OH excluding ortho intramolecular Hbond substituents is 1. The summed E-state index contributed by atoms with van der Waals surface area (Å²) in [5, 5.41) is 29.5. The smallest absolute Gasteiger partial charge is 0.125 e. The van der Waals surface area contributed by atoms with Gasteiger partial charge in [-0.05, 0) is 74.0 Å². The van der Waals surface area contributed by atoms with Gasteiger partial charge in [0.05, 0.1) is 17.6 Å². The van der Waals surface area contributed by atoms with E-state index in [1.807, 2.05) is 18.2 Å². The van der Waals surface area contributed by atoms with Crippen molar-refractivity contribution in [2.75, 3.05) is 13.1 Å². The number of nitrogens with zero attached hydrogens (tertiary/aromatic N) is 3. The Hall–Kier alpha value is -2.73. The maximum atomic E-state index is 10.4. The van der Waals surface area contributed by atoms with Crippen LogP contribution >= 0.6 is 0 Å². The lowest BCUT2D eigenvalue weighted by Gasteiger charge is -2.50. The van der Waals surface area contributed by atoms with Gasteiger partial charge in [0.25, 0.3) is 0 Å². The van der Waals surface area contributed by atoms with E-state index < -0.39 is 0 Å². The van der Waals surface area contributed by atoms with Crippen molar-refractivity contribution in [2.45, 2.75) is 31.6 Å². The second-order valence-electron chi connectivity index (χ2n) is 7.92. The molecule has 3 N–H and O–H groups in total. The topological polar surface area (TPSA) is 86.7 Å². The Morgan fingerprint density at radius 1 is 1.00 bits per heavy atom. The van der Waals surface area contributed by atoms with Crippen LogP contribution in [-0.2, 0) is 0 Å². The van der Waals surface area contributed by atoms with Crippen molar-refractivity contribution < 1.29 is 5.11 Å². The van der Waals surface area contributed by atoms with Gasteiger partial charge in [-0.25, -0.2) is 0 Å². The van der Waals surface area contributed by atoms with Crippen molar-refractivity contribution in [3.63, 3.8) is 0 Å². The normalized spacial score (nSPS) is 19.1. The second kappa shape index (κ2) is 6.46. The van der Waals surface area contributed by atoms with Crippen LogP contribution in [0.15, 0.2) is 42.7 Å². The molecule has 6 heteroatoms. The molecule has 6 nitrogen and oxygen atoms in total. The lowest BCUT2D eigenvalue weighted by molar-refractivity contribution is 0.0583. The van der Waals surface area contributed by atoms with Crippen LogP contribution < -0.4 is 5.32 Å². The Bertz CT molecular complexity index is 922. The van der Waals surface area contributed by atoms with E-state index in [2.05, 4.69) is 31.8 Å². The number of hydrogen-bond acceptors (Lipinski definition) is 5. The lowest BCUT2D eigenvalue weighted by Crippen LogP contribution is -2.44. The molecule has 0 unspecified atom stereocenters. The van der Waals surface area contributed by atoms with Crippen molar-refractivity contribution in [1.29, 1.82) is 0 Å². The molecular formula is C21H23N5O. The third-order valence-electron chi connectivity index (χ3n) is 6.23. The number of rotatable bonds is 3. The fourth-order valence-corrected chi connectivity index (χ4v) is 4.60. The number of aromatic nitrogens is 4. The number of H-pyrrole nitrogens is 1. The molecule has 1 saturated carbocycles. The van der Waals surface area contributed by atoms with E-state index in [-0.39, 0.29) is 5.75 Å². The fraction of sp³-hybridized carbons (Fsp3) is 0.381. The number of hydrogen-bond donors (Lipinski definition) is 3. The molecule has 2 fully saturated rings. The summed E-state index contributed by atoms with van der Waals surface area (Å²) in [5.41, 5.74) is 4.87. The maximum Gasteiger partial charge on any atom is 0.125 e. The average Bonchev–Trinajstić information content (AvgIpc) is 3.22. The summed E-state index contributed by atoms with van der Waals surface area (Å²) in [5.74, 6) is 0.731. The standard InChI is InChI=1S/C21H23N5O/c27-20-9-14(16-12-23-24-13-16)1-2-17(20)19-4-3-18(25-26-19)15-10-21(11-15)5-7-22-8-6-21/h1-4,9,12-13,15,22,27H,5-8,10-11H2,(H,23,24). The predicted molar refractivity (Wildman–Crippen MR) is 103 cm³/mol. The van der Waals surface area contributed by atoms with Gasteiger partial charge in [0.2, 0.25) is 0 Å². The molecular weight excluding hydrogens is 338 g/mol. The Morgan fingerprint density at radius 2 is 1.85 bits per heavy atom. The van der Waals surface area contributed by atoms with E-state index in [0.29, 0.717) is 22.6 Å². The first-order valence-corrected chi connectivity index (χ1v) is 9.59. The second-order valence-corrected chi connectivity index (χ2v) is 7.92. The number of piperidine rings is 1. The number of nitrogens with one attached hydrogen (secondary N) is 2. The summed E-state index contributed by atoms with van der Waals surface area (Å²) in [6.07, 6.45) is 8.56. The molecule has 1 aliphatic heterocycles. The summed E-state index contributed by atoms with van der Waals surface area (Å²) in [6, 6.07) is 9.63. The van der Waals surface area contributed by atoms with E-state index in [9.17, 15) is 5.11 Å². The zero-order chi connectivity index (χ0) is 18.3. The van der Waals surface area contributed by atoms with Crippen LogP contribution in [0.2, 0.25) is 0 Å². The van der Waals surface area contributed by atoms with Gasteiger partial charge in [0, 0.05) is 23.2 Å². The van der Waals surface area contributed by atoms with E-state index in [1.165, 1.54) is 25.7 Å². The summed E-state index contributed by atoms with van der Waals surface area (Å²) >= 11 is 0. The van der Waals surface area contributed by atoms with Crippen LogP contribution in [0.3, 0.4) is 0 Å². The van der Waals surface area contributed by atoms with E-state index in [0.717, 1.165) is 29.9 Å². The van der Waals surface area contributed by atoms with Gasteiger partial charge in [-0.1, -0.05) is 6.07 Å². The molecule has 0 bridgehead atoms. The summed E-state index contributed by atoms with van der Waals surface area (Å²) in [6.45, 7) is 2.29. The Balaban J connectivity index is 1.32. The van der Waals surface area contributed by atoms with Crippen LogP contribution in [0.1, 0.15) is 37.3 Å². The molecule has 5 rings (SSSR count). The summed E-state index contributed by atoms with van der Waals surface area (Å²) < 4.78 is 0. The number of benzene rings is 1. The highest BCUT2D eigenvalue weighted by Gasteiger charge is 2.45. The lowest BCUT2D eigenvalue weighted by atomic mass is 9.57. The third-order valence-corrected chi connectivity index (χ3v) is 6.23. The Labute approximate surface area is 158 Å². The number of aromatic amines is 1. The van der Waals surface area contributed by atoms with Crippen LogP contribution in [0.25, 0.3) is 22.4 Å². The van der Waals surface area contributed by atoms with Gasteiger partial charge in [0.1, 0.15) is 5.75 Å². The van der Waals surface area contributed by atoms with E-state index >= 15 is 0 Å². The molecule has 3 aromatic rings. The molecule has 1 saturated heterocycles. The van der Waals surface area contributed by atoms with Crippen LogP contribution in [0, 0.1) is 5.41 Å². The SMILES string of the molecule is Oc1cc(-c2cn[nH]c2)ccc1-c1ccc(C2CC3(CCNCC3)C2)nn1. The van der Waals surface area contributed by atoms with Crippen molar-refractivity contribution in [2.24, 2.45) is 5.41 Å². The highest BCUT2D eigenvalue weighted by molar-refractivity contribution is 5.73. The maximum absolute atomic E-state index is 10.4. The van der Waals surface area contributed by atoms with E-state index in [1.54, 1.807) is 18.5 Å².